The van der Waals surface area contributed by atoms with E-state index in [4.69, 9.17) is 5.10 Å². The lowest BCUT2D eigenvalue weighted by atomic mass is 9.82. The molecule has 0 saturated carbocycles. The summed E-state index contributed by atoms with van der Waals surface area (Å²) in [6.45, 7) is 14.6. The summed E-state index contributed by atoms with van der Waals surface area (Å²) < 4.78 is 0. The van der Waals surface area contributed by atoms with Crippen LogP contribution in [0.1, 0.15) is 74.4 Å². The molecule has 0 amide bonds. The smallest absolute Gasteiger partial charge is 0.0594 e. The van der Waals surface area contributed by atoms with Gasteiger partial charge in [-0.3, -0.25) is 5.01 Å². The van der Waals surface area contributed by atoms with Crippen molar-refractivity contribution in [3.63, 3.8) is 0 Å². The van der Waals surface area contributed by atoms with Gasteiger partial charge < -0.3 is 4.90 Å². The van der Waals surface area contributed by atoms with Crippen LogP contribution < -0.4 is 9.91 Å². The lowest BCUT2D eigenvalue weighted by Gasteiger charge is -2.29. The van der Waals surface area contributed by atoms with E-state index >= 15 is 0 Å². The van der Waals surface area contributed by atoms with E-state index in [0.29, 0.717) is 0 Å². The number of fused-ring (bicyclic) bond motifs is 6. The molecule has 0 radical (unpaired) electrons. The number of rotatable bonds is 8. The zero-order valence-corrected chi connectivity index (χ0v) is 30.0. The third-order valence-electron chi connectivity index (χ3n) is 10.9. The maximum Gasteiger partial charge on any atom is 0.0594 e. The van der Waals surface area contributed by atoms with Crippen LogP contribution in [-0.2, 0) is 10.8 Å². The fourth-order valence-electron chi connectivity index (χ4n) is 8.14. The lowest BCUT2D eigenvalue weighted by molar-refractivity contribution is 0.660. The van der Waals surface area contributed by atoms with Crippen LogP contribution in [0.3, 0.4) is 0 Å². The van der Waals surface area contributed by atoms with E-state index in [9.17, 15) is 0 Å². The molecule has 0 N–H and O–H groups in total. The molecule has 0 unspecified atom stereocenters. The van der Waals surface area contributed by atoms with Crippen molar-refractivity contribution in [1.29, 1.82) is 0 Å². The van der Waals surface area contributed by atoms with Gasteiger partial charge in [-0.05, 0) is 112 Å². The average molecular weight is 652 g/mol. The van der Waals surface area contributed by atoms with Gasteiger partial charge in [-0.1, -0.05) is 125 Å². The highest BCUT2D eigenvalue weighted by Gasteiger charge is 2.37. The topological polar surface area (TPSA) is 18.8 Å². The molecule has 0 atom stereocenters. The first-order valence-corrected chi connectivity index (χ1v) is 17.9. The van der Waals surface area contributed by atoms with Gasteiger partial charge in [-0.25, -0.2) is 0 Å². The summed E-state index contributed by atoms with van der Waals surface area (Å²) in [6, 6.07) is 49.3. The number of hydrogen-bond acceptors (Lipinski definition) is 3. The van der Waals surface area contributed by atoms with Crippen LogP contribution in [0.5, 0.6) is 0 Å². The largest absolute Gasteiger partial charge is 0.310 e. The van der Waals surface area contributed by atoms with Gasteiger partial charge in [0.25, 0.3) is 0 Å². The van der Waals surface area contributed by atoms with Gasteiger partial charge in [0.05, 0.1) is 11.9 Å². The third kappa shape index (κ3) is 5.24. The Kier molecular flexibility index (Phi) is 7.75. The van der Waals surface area contributed by atoms with Gasteiger partial charge >= 0.3 is 0 Å². The van der Waals surface area contributed by atoms with Crippen LogP contribution in [0.4, 0.5) is 22.7 Å². The van der Waals surface area contributed by atoms with Gasteiger partial charge in [-0.2, -0.15) is 5.10 Å². The van der Waals surface area contributed by atoms with Gasteiger partial charge in [0, 0.05) is 34.4 Å². The highest BCUT2D eigenvalue weighted by atomic mass is 15.4. The van der Waals surface area contributed by atoms with E-state index in [1.165, 1.54) is 50.1 Å². The number of hydrazone groups is 1. The highest BCUT2D eigenvalue weighted by Crippen LogP contribution is 2.53. The van der Waals surface area contributed by atoms with E-state index in [1.54, 1.807) is 0 Å². The van der Waals surface area contributed by atoms with Crippen LogP contribution >= 0.6 is 0 Å². The third-order valence-corrected chi connectivity index (χ3v) is 10.9. The van der Waals surface area contributed by atoms with E-state index in [-0.39, 0.29) is 10.8 Å². The fourth-order valence-corrected chi connectivity index (χ4v) is 8.14. The fraction of sp³-hybridized carbons (Fsp3) is 0.213. The van der Waals surface area contributed by atoms with Crippen LogP contribution in [0, 0.1) is 6.92 Å². The first-order valence-electron chi connectivity index (χ1n) is 17.9. The molecule has 6 aromatic carbocycles. The minimum absolute atomic E-state index is 0.0860. The summed E-state index contributed by atoms with van der Waals surface area (Å²) in [5.41, 5.74) is 17.6. The monoisotopic (exact) mass is 651 g/mol. The summed E-state index contributed by atoms with van der Waals surface area (Å²) >= 11 is 0. The van der Waals surface area contributed by atoms with Gasteiger partial charge in [0.1, 0.15) is 0 Å². The van der Waals surface area contributed by atoms with Gasteiger partial charge in [0.15, 0.2) is 0 Å². The van der Waals surface area contributed by atoms with Crippen molar-refractivity contribution in [1.82, 2.24) is 0 Å². The van der Waals surface area contributed by atoms with E-state index in [1.807, 2.05) is 6.21 Å². The van der Waals surface area contributed by atoms with Crippen LogP contribution in [0.2, 0.25) is 0 Å². The molecule has 0 aliphatic heterocycles. The normalized spacial score (nSPS) is 14.6. The molecule has 50 heavy (non-hydrogen) atoms. The summed E-state index contributed by atoms with van der Waals surface area (Å²) in [7, 11) is 0. The minimum Gasteiger partial charge on any atom is -0.310 e. The molecule has 0 bridgehead atoms. The van der Waals surface area contributed by atoms with Crippen molar-refractivity contribution in [2.24, 2.45) is 5.10 Å². The standard InChI is InChI=1S/C47H45N3/c1-7-28-49(34-20-16-32(2)17-21-34)48-31-33-18-22-35(23-19-33)50(36-24-26-40-38-12-8-10-14-42(38)46(3,4)44(40)29-36)37-25-27-41-39-13-9-11-15-43(39)47(5,6)45(41)30-37/h8-27,29-31H,7,28H2,1-6H3/b48-31+. The highest BCUT2D eigenvalue weighted by molar-refractivity contribution is 5.89. The number of nitrogens with zero attached hydrogens (tertiary/aromatic N) is 3. The lowest BCUT2D eigenvalue weighted by Crippen LogP contribution is -2.18. The van der Waals surface area contributed by atoms with Crippen LogP contribution in [0.15, 0.2) is 139 Å². The van der Waals surface area contributed by atoms with Crippen molar-refractivity contribution in [3.8, 4) is 22.3 Å². The quantitative estimate of drug-likeness (QED) is 0.120. The second kappa shape index (κ2) is 12.2. The minimum atomic E-state index is -0.0860. The Hall–Kier alpha value is -5.41. The second-order valence-corrected chi connectivity index (χ2v) is 14.9. The zero-order chi connectivity index (χ0) is 34.6. The molecule has 0 spiro atoms. The molecule has 0 saturated heterocycles. The van der Waals surface area contributed by atoms with Crippen LogP contribution in [-0.4, -0.2) is 12.8 Å². The Bertz CT molecular complexity index is 2130. The Morgan fingerprint density at radius 2 is 0.980 bits per heavy atom. The molecular formula is C47H45N3. The Morgan fingerprint density at radius 3 is 1.50 bits per heavy atom. The Balaban J connectivity index is 1.21. The van der Waals surface area contributed by atoms with Crippen molar-refractivity contribution >= 4 is 29.0 Å². The summed E-state index contributed by atoms with van der Waals surface area (Å²) in [5.74, 6) is 0. The Morgan fingerprint density at radius 1 is 0.520 bits per heavy atom. The number of benzene rings is 6. The SMILES string of the molecule is CCCN(/N=C/c1ccc(N(c2ccc3c(c2)C(C)(C)c2ccccc2-3)c2ccc3c(c2)C(C)(C)c2ccccc2-3)cc1)c1ccc(C)cc1. The molecule has 3 nitrogen and oxygen atoms in total. The average Bonchev–Trinajstić information content (AvgIpc) is 3.50. The first-order chi connectivity index (χ1) is 24.2. The van der Waals surface area contributed by atoms with Crippen molar-refractivity contribution in [2.45, 2.75) is 58.8 Å². The molecule has 6 aromatic rings. The molecule has 0 fully saturated rings. The number of hydrogen-bond donors (Lipinski definition) is 0. The summed E-state index contributed by atoms with van der Waals surface area (Å²) in [5, 5.41) is 7.01. The van der Waals surface area contributed by atoms with E-state index < -0.39 is 0 Å². The van der Waals surface area contributed by atoms with Crippen LogP contribution in [0.25, 0.3) is 22.3 Å². The van der Waals surface area contributed by atoms with Gasteiger partial charge in [-0.15, -0.1) is 0 Å². The summed E-state index contributed by atoms with van der Waals surface area (Å²) in [4.78, 5) is 2.43. The first kappa shape index (κ1) is 31.8. The Labute approximate surface area is 297 Å². The van der Waals surface area contributed by atoms with Crippen molar-refractivity contribution < 1.29 is 0 Å². The zero-order valence-electron chi connectivity index (χ0n) is 30.0. The number of anilines is 4. The van der Waals surface area contributed by atoms with Gasteiger partial charge in [0.2, 0.25) is 0 Å². The van der Waals surface area contributed by atoms with E-state index in [0.717, 1.165) is 41.3 Å². The molecule has 0 aromatic heterocycles. The maximum absolute atomic E-state index is 4.92. The molecule has 2 aliphatic carbocycles. The molecule has 8 rings (SSSR count). The predicted octanol–water partition coefficient (Wildman–Crippen LogP) is 12.3. The molecule has 3 heteroatoms. The number of aryl methyl sites for hydroxylation is 1. The molecule has 2 aliphatic rings. The van der Waals surface area contributed by atoms with Crippen molar-refractivity contribution in [3.05, 3.63) is 167 Å². The predicted molar refractivity (Wildman–Crippen MR) is 213 cm³/mol. The van der Waals surface area contributed by atoms with E-state index in [2.05, 4.69) is 185 Å². The molecule has 0 heterocycles. The summed E-state index contributed by atoms with van der Waals surface area (Å²) in [6.07, 6.45) is 3.00. The van der Waals surface area contributed by atoms with Crippen molar-refractivity contribution in [2.75, 3.05) is 16.5 Å². The molecule has 248 valence electrons. The maximum atomic E-state index is 4.92. The second-order valence-electron chi connectivity index (χ2n) is 14.9. The molecular weight excluding hydrogens is 607 g/mol.